The topological polar surface area (TPSA) is 38.8 Å². The Bertz CT molecular complexity index is 1480. The van der Waals surface area contributed by atoms with Crippen molar-refractivity contribution >= 4 is 23.5 Å². The third-order valence-electron chi connectivity index (χ3n) is 6.62. The summed E-state index contributed by atoms with van der Waals surface area (Å²) in [5, 5.41) is 0.716. The van der Waals surface area contributed by atoms with Crippen molar-refractivity contribution in [1.29, 1.82) is 0 Å². The molecule has 5 heteroatoms. The van der Waals surface area contributed by atoms with E-state index in [2.05, 4.69) is 29.2 Å². The number of carbonyl (C=O) groups is 1. The molecule has 0 N–H and O–H groups in total. The van der Waals surface area contributed by atoms with Gasteiger partial charge in [0.25, 0.3) is 0 Å². The monoisotopic (exact) mass is 493 g/mol. The molecular formula is C31H24ClNO3. The molecule has 0 bridgehead atoms. The molecule has 0 aliphatic carbocycles. The van der Waals surface area contributed by atoms with Crippen LogP contribution in [0.15, 0.2) is 90.7 Å². The van der Waals surface area contributed by atoms with Crippen LogP contribution in [0.4, 0.5) is 0 Å². The van der Waals surface area contributed by atoms with E-state index in [-0.39, 0.29) is 5.78 Å². The third kappa shape index (κ3) is 4.30. The van der Waals surface area contributed by atoms with Gasteiger partial charge in [-0.15, -0.1) is 0 Å². The molecule has 6 rings (SSSR count). The summed E-state index contributed by atoms with van der Waals surface area (Å²) in [7, 11) is 0. The zero-order valence-electron chi connectivity index (χ0n) is 19.8. The summed E-state index contributed by atoms with van der Waals surface area (Å²) < 4.78 is 12.3. The quantitative estimate of drug-likeness (QED) is 0.280. The second-order valence-electron chi connectivity index (χ2n) is 9.19. The molecule has 0 radical (unpaired) electrons. The normalized spacial score (nSPS) is 15.8. The van der Waals surface area contributed by atoms with Crippen LogP contribution >= 0.6 is 11.6 Å². The minimum absolute atomic E-state index is 0.0905. The van der Waals surface area contributed by atoms with E-state index in [0.717, 1.165) is 39.1 Å². The van der Waals surface area contributed by atoms with Gasteiger partial charge in [-0.3, -0.25) is 9.69 Å². The predicted molar refractivity (Wildman–Crippen MR) is 142 cm³/mol. The molecule has 0 fully saturated rings. The first-order valence-corrected chi connectivity index (χ1v) is 12.3. The van der Waals surface area contributed by atoms with Crippen molar-refractivity contribution in [2.24, 2.45) is 0 Å². The van der Waals surface area contributed by atoms with Gasteiger partial charge in [-0.05, 0) is 59.0 Å². The van der Waals surface area contributed by atoms with Gasteiger partial charge in [0, 0.05) is 18.1 Å². The van der Waals surface area contributed by atoms with Crippen LogP contribution in [-0.4, -0.2) is 17.4 Å². The zero-order valence-corrected chi connectivity index (χ0v) is 20.6. The highest BCUT2D eigenvalue weighted by atomic mass is 35.5. The molecule has 4 aromatic rings. The van der Waals surface area contributed by atoms with Crippen LogP contribution in [0.5, 0.6) is 11.5 Å². The van der Waals surface area contributed by atoms with Gasteiger partial charge >= 0.3 is 0 Å². The Hall–Kier alpha value is -3.86. The second-order valence-corrected chi connectivity index (χ2v) is 9.63. The average Bonchev–Trinajstić information content (AvgIpc) is 3.23. The number of ketones is 1. The highest BCUT2D eigenvalue weighted by Crippen LogP contribution is 2.44. The number of rotatable bonds is 4. The van der Waals surface area contributed by atoms with E-state index in [1.165, 1.54) is 0 Å². The molecule has 4 nitrogen and oxygen atoms in total. The van der Waals surface area contributed by atoms with E-state index in [9.17, 15) is 4.79 Å². The van der Waals surface area contributed by atoms with E-state index >= 15 is 0 Å². The number of carbonyl (C=O) groups excluding carboxylic acids is 1. The number of ether oxygens (including phenoxy) is 2. The molecule has 2 heterocycles. The van der Waals surface area contributed by atoms with Crippen LogP contribution in [0.1, 0.15) is 32.6 Å². The van der Waals surface area contributed by atoms with Gasteiger partial charge in [0.2, 0.25) is 5.78 Å². The number of Topliss-reactive ketones (excluding diaryl/α,β-unsaturated/α-hetero) is 1. The highest BCUT2D eigenvalue weighted by molar-refractivity contribution is 6.30. The van der Waals surface area contributed by atoms with Crippen LogP contribution in [0.2, 0.25) is 5.02 Å². The molecule has 0 unspecified atom stereocenters. The molecule has 2 aliphatic heterocycles. The maximum atomic E-state index is 13.3. The van der Waals surface area contributed by atoms with Crippen LogP contribution in [0.3, 0.4) is 0 Å². The third-order valence-corrected chi connectivity index (χ3v) is 6.87. The Morgan fingerprint density at radius 3 is 2.42 bits per heavy atom. The molecule has 0 aromatic heterocycles. The van der Waals surface area contributed by atoms with E-state index in [0.29, 0.717) is 41.9 Å². The molecule has 36 heavy (non-hydrogen) atoms. The van der Waals surface area contributed by atoms with Gasteiger partial charge in [-0.2, -0.15) is 0 Å². The van der Waals surface area contributed by atoms with Crippen LogP contribution in [-0.2, 0) is 13.1 Å². The summed E-state index contributed by atoms with van der Waals surface area (Å²) in [6.45, 7) is 3.75. The maximum Gasteiger partial charge on any atom is 0.232 e. The van der Waals surface area contributed by atoms with Gasteiger partial charge in [0.05, 0.1) is 11.1 Å². The van der Waals surface area contributed by atoms with Crippen molar-refractivity contribution in [3.8, 4) is 22.6 Å². The van der Waals surface area contributed by atoms with Gasteiger partial charge in [0.1, 0.15) is 18.2 Å². The fraction of sp³-hybridized carbons (Fsp3) is 0.129. The first kappa shape index (κ1) is 22.6. The van der Waals surface area contributed by atoms with Crippen molar-refractivity contribution in [3.05, 3.63) is 124 Å². The summed E-state index contributed by atoms with van der Waals surface area (Å²) >= 11 is 6.03. The number of allylic oxidation sites excluding steroid dienone is 1. The molecule has 2 aliphatic rings. The number of hydrogen-bond acceptors (Lipinski definition) is 4. The summed E-state index contributed by atoms with van der Waals surface area (Å²) in [6.07, 6.45) is 1.82. The molecule has 0 saturated heterocycles. The van der Waals surface area contributed by atoms with Crippen LogP contribution in [0, 0.1) is 6.92 Å². The second kappa shape index (κ2) is 9.30. The Morgan fingerprint density at radius 1 is 0.944 bits per heavy atom. The Morgan fingerprint density at radius 2 is 1.67 bits per heavy atom. The number of halogens is 1. The number of fused-ring (bicyclic) bond motifs is 3. The standard InChI is InChI=1S/C31H24ClNO3/c1-20-15-27-26(18-33(19-35-27)17-22-9-13-25(32)14-10-22)31-29(20)30(34)28(36-31)16-21-7-11-24(12-8-21)23-5-3-2-4-6-23/h2-16H,17-19H2,1H3/b28-16-. The average molecular weight is 494 g/mol. The van der Waals surface area contributed by atoms with Gasteiger partial charge in [0.15, 0.2) is 5.76 Å². The van der Waals surface area contributed by atoms with Gasteiger partial charge in [-0.1, -0.05) is 78.3 Å². The van der Waals surface area contributed by atoms with Crippen molar-refractivity contribution in [1.82, 2.24) is 4.90 Å². The summed E-state index contributed by atoms with van der Waals surface area (Å²) in [6, 6.07) is 28.1. The first-order chi connectivity index (χ1) is 17.5. The smallest absolute Gasteiger partial charge is 0.232 e. The molecule has 0 amide bonds. The molecule has 0 spiro atoms. The zero-order chi connectivity index (χ0) is 24.6. The Balaban J connectivity index is 1.26. The van der Waals surface area contributed by atoms with Gasteiger partial charge in [-0.25, -0.2) is 0 Å². The Kier molecular flexibility index (Phi) is 5.84. The maximum absolute atomic E-state index is 13.3. The SMILES string of the molecule is Cc1cc2c(c3c1C(=O)/C(=C/c1ccc(-c4ccccc4)cc1)O3)CN(Cc1ccc(Cl)cc1)CO2. The molecule has 178 valence electrons. The number of hydrogen-bond donors (Lipinski definition) is 0. The number of nitrogens with zero attached hydrogens (tertiary/aromatic N) is 1. The van der Waals surface area contributed by atoms with E-state index in [1.54, 1.807) is 0 Å². The molecule has 0 saturated carbocycles. The first-order valence-electron chi connectivity index (χ1n) is 11.9. The van der Waals surface area contributed by atoms with Crippen LogP contribution < -0.4 is 9.47 Å². The van der Waals surface area contributed by atoms with Crippen molar-refractivity contribution in [2.45, 2.75) is 20.0 Å². The van der Waals surface area contributed by atoms with E-state index in [4.69, 9.17) is 21.1 Å². The summed E-state index contributed by atoms with van der Waals surface area (Å²) in [4.78, 5) is 15.5. The predicted octanol–water partition coefficient (Wildman–Crippen LogP) is 7.28. The van der Waals surface area contributed by atoms with Crippen LogP contribution in [0.25, 0.3) is 17.2 Å². The van der Waals surface area contributed by atoms with Gasteiger partial charge < -0.3 is 9.47 Å². The molecular weight excluding hydrogens is 470 g/mol. The largest absolute Gasteiger partial charge is 0.478 e. The lowest BCUT2D eigenvalue weighted by molar-refractivity contribution is 0.0872. The van der Waals surface area contributed by atoms with Crippen molar-refractivity contribution in [3.63, 3.8) is 0 Å². The number of benzene rings is 4. The minimum atomic E-state index is -0.0905. The lowest BCUT2D eigenvalue weighted by Gasteiger charge is -2.30. The van der Waals surface area contributed by atoms with Crippen molar-refractivity contribution < 1.29 is 14.3 Å². The molecule has 4 aromatic carbocycles. The van der Waals surface area contributed by atoms with E-state index < -0.39 is 0 Å². The summed E-state index contributed by atoms with van der Waals surface area (Å²) in [5.74, 6) is 1.64. The Labute approximate surface area is 215 Å². The fourth-order valence-corrected chi connectivity index (χ4v) is 4.91. The van der Waals surface area contributed by atoms with E-state index in [1.807, 2.05) is 73.7 Å². The lowest BCUT2D eigenvalue weighted by atomic mass is 9.98. The minimum Gasteiger partial charge on any atom is -0.478 e. The lowest BCUT2D eigenvalue weighted by Crippen LogP contribution is -2.31. The van der Waals surface area contributed by atoms with Crippen molar-refractivity contribution in [2.75, 3.05) is 6.73 Å². The molecule has 0 atom stereocenters. The summed E-state index contributed by atoms with van der Waals surface area (Å²) in [5.41, 5.74) is 6.74. The highest BCUT2D eigenvalue weighted by Gasteiger charge is 2.35. The fourth-order valence-electron chi connectivity index (χ4n) is 4.78. The number of aryl methyl sites for hydroxylation is 1.